The van der Waals surface area contributed by atoms with Gasteiger partial charge in [-0.15, -0.1) is 0 Å². The summed E-state index contributed by atoms with van der Waals surface area (Å²) in [7, 11) is 0. The summed E-state index contributed by atoms with van der Waals surface area (Å²) in [6.45, 7) is 1.92. The lowest BCUT2D eigenvalue weighted by Gasteiger charge is -2.32. The van der Waals surface area contributed by atoms with E-state index in [0.717, 1.165) is 12.5 Å². The van der Waals surface area contributed by atoms with Crippen LogP contribution in [0.4, 0.5) is 36.4 Å². The molecule has 3 nitrogen and oxygen atoms in total. The fourth-order valence-corrected chi connectivity index (χ4v) is 2.76. The molecule has 0 aliphatic carbocycles. The number of hydrogen-bond acceptors (Lipinski definition) is 2. The van der Waals surface area contributed by atoms with E-state index in [-0.39, 0.29) is 23.1 Å². The number of carbonyl (C=O) groups excluding carboxylic acids is 1. The fraction of sp³-hybridized carbons (Fsp3) is 0.350. The monoisotopic (exact) mass is 437 g/mol. The number of nitrogens with one attached hydrogen (secondary N) is 1. The van der Waals surface area contributed by atoms with E-state index in [9.17, 15) is 40.6 Å². The molecular formula is C20H18F7NO2. The highest BCUT2D eigenvalue weighted by Gasteiger charge is 2.71. The van der Waals surface area contributed by atoms with Gasteiger partial charge in [0.25, 0.3) is 5.60 Å². The van der Waals surface area contributed by atoms with Crippen molar-refractivity contribution in [3.05, 3.63) is 53.8 Å². The number of rotatable bonds is 6. The molecule has 0 fully saturated rings. The molecule has 0 atom stereocenters. The van der Waals surface area contributed by atoms with Crippen molar-refractivity contribution in [2.75, 3.05) is 5.32 Å². The minimum absolute atomic E-state index is 0.0107. The van der Waals surface area contributed by atoms with Crippen molar-refractivity contribution in [3.63, 3.8) is 0 Å². The van der Waals surface area contributed by atoms with Crippen LogP contribution in [-0.4, -0.2) is 23.4 Å². The van der Waals surface area contributed by atoms with Crippen LogP contribution in [0.15, 0.2) is 42.5 Å². The largest absolute Gasteiger partial charge is 0.430 e. The summed E-state index contributed by atoms with van der Waals surface area (Å²) in [5.41, 5.74) is -6.59. The number of unbranched alkanes of at least 4 members (excludes halogenated alkanes) is 1. The molecule has 2 aromatic carbocycles. The van der Waals surface area contributed by atoms with Gasteiger partial charge in [0.2, 0.25) is 5.91 Å². The quantitative estimate of drug-likeness (QED) is 0.550. The van der Waals surface area contributed by atoms with Gasteiger partial charge in [-0.05, 0) is 30.2 Å². The van der Waals surface area contributed by atoms with Crippen LogP contribution in [0.2, 0.25) is 0 Å². The third kappa shape index (κ3) is 4.75. The number of anilines is 1. The van der Waals surface area contributed by atoms with Gasteiger partial charge in [-0.1, -0.05) is 37.6 Å². The van der Waals surface area contributed by atoms with Crippen LogP contribution < -0.4 is 5.32 Å². The van der Waals surface area contributed by atoms with Gasteiger partial charge in [-0.2, -0.15) is 26.3 Å². The first-order valence-electron chi connectivity index (χ1n) is 8.87. The second kappa shape index (κ2) is 8.63. The van der Waals surface area contributed by atoms with Crippen LogP contribution in [0.1, 0.15) is 31.7 Å². The zero-order chi connectivity index (χ0) is 22.7. The maximum absolute atomic E-state index is 14.4. The van der Waals surface area contributed by atoms with Crippen molar-refractivity contribution in [3.8, 4) is 11.1 Å². The smallest absolute Gasteiger partial charge is 0.369 e. The van der Waals surface area contributed by atoms with E-state index in [1.807, 2.05) is 6.92 Å². The van der Waals surface area contributed by atoms with Crippen LogP contribution in [-0.2, 0) is 10.4 Å². The third-order valence-corrected chi connectivity index (χ3v) is 4.44. The molecule has 0 heterocycles. The molecule has 0 aliphatic heterocycles. The highest BCUT2D eigenvalue weighted by atomic mass is 19.4. The third-order valence-electron chi connectivity index (χ3n) is 4.44. The summed E-state index contributed by atoms with van der Waals surface area (Å²) in [4.78, 5) is 11.7. The number of halogens is 7. The lowest BCUT2D eigenvalue weighted by molar-refractivity contribution is -0.376. The van der Waals surface area contributed by atoms with Crippen LogP contribution >= 0.6 is 0 Å². The summed E-state index contributed by atoms with van der Waals surface area (Å²) in [5, 5.41) is 12.0. The molecule has 0 spiro atoms. The molecular weight excluding hydrogens is 419 g/mol. The summed E-state index contributed by atoms with van der Waals surface area (Å²) >= 11 is 0. The van der Waals surface area contributed by atoms with Gasteiger partial charge < -0.3 is 10.4 Å². The van der Waals surface area contributed by atoms with Crippen molar-refractivity contribution < 1.29 is 40.6 Å². The van der Waals surface area contributed by atoms with Gasteiger partial charge >= 0.3 is 12.4 Å². The molecule has 2 aromatic rings. The zero-order valence-electron chi connectivity index (χ0n) is 15.7. The molecule has 2 N–H and O–H groups in total. The Morgan fingerprint density at radius 2 is 1.53 bits per heavy atom. The zero-order valence-corrected chi connectivity index (χ0v) is 15.7. The number of amides is 1. The number of aliphatic hydroxyl groups is 1. The molecule has 0 aromatic heterocycles. The summed E-state index contributed by atoms with van der Waals surface area (Å²) in [6, 6.07) is 6.67. The first-order chi connectivity index (χ1) is 13.8. The lowest BCUT2D eigenvalue weighted by Crippen LogP contribution is -2.53. The lowest BCUT2D eigenvalue weighted by atomic mass is 9.90. The predicted octanol–water partition coefficient (Wildman–Crippen LogP) is 5.93. The Balaban J connectivity index is 2.32. The molecule has 0 bridgehead atoms. The van der Waals surface area contributed by atoms with Crippen LogP contribution in [0.3, 0.4) is 0 Å². The van der Waals surface area contributed by atoms with E-state index in [4.69, 9.17) is 0 Å². The van der Waals surface area contributed by atoms with Gasteiger partial charge in [-0.25, -0.2) is 4.39 Å². The highest BCUT2D eigenvalue weighted by molar-refractivity contribution is 5.90. The average molecular weight is 437 g/mol. The Morgan fingerprint density at radius 3 is 2.00 bits per heavy atom. The molecule has 1 amide bonds. The molecule has 2 rings (SSSR count). The number of alkyl halides is 6. The summed E-state index contributed by atoms with van der Waals surface area (Å²) < 4.78 is 92.0. The molecule has 0 unspecified atom stereocenters. The molecule has 0 saturated heterocycles. The first kappa shape index (κ1) is 23.7. The van der Waals surface area contributed by atoms with Gasteiger partial charge in [0.1, 0.15) is 5.82 Å². The highest BCUT2D eigenvalue weighted by Crippen LogP contribution is 2.50. The second-order valence-corrected chi connectivity index (χ2v) is 6.63. The minimum atomic E-state index is -6.10. The predicted molar refractivity (Wildman–Crippen MR) is 96.0 cm³/mol. The Kier molecular flexibility index (Phi) is 6.80. The topological polar surface area (TPSA) is 49.3 Å². The molecule has 10 heteroatoms. The number of hydrogen-bond donors (Lipinski definition) is 2. The minimum Gasteiger partial charge on any atom is -0.369 e. The van der Waals surface area contributed by atoms with Crippen molar-refractivity contribution in [2.24, 2.45) is 0 Å². The normalized spacial score (nSPS) is 12.7. The van der Waals surface area contributed by atoms with E-state index in [1.54, 1.807) is 0 Å². The maximum Gasteiger partial charge on any atom is 0.430 e. The van der Waals surface area contributed by atoms with Crippen LogP contribution in [0, 0.1) is 5.82 Å². The molecule has 30 heavy (non-hydrogen) atoms. The Hall–Kier alpha value is -2.62. The van der Waals surface area contributed by atoms with Crippen LogP contribution in [0.25, 0.3) is 11.1 Å². The Labute approximate surface area is 167 Å². The number of benzene rings is 2. The van der Waals surface area contributed by atoms with Gasteiger partial charge in [0.15, 0.2) is 0 Å². The molecule has 164 valence electrons. The maximum atomic E-state index is 14.4. The first-order valence-corrected chi connectivity index (χ1v) is 8.87. The molecule has 0 aliphatic rings. The van der Waals surface area contributed by atoms with Crippen LogP contribution in [0.5, 0.6) is 0 Å². The van der Waals surface area contributed by atoms with Gasteiger partial charge in [0.05, 0.1) is 0 Å². The van der Waals surface area contributed by atoms with Gasteiger partial charge in [-0.3, -0.25) is 4.79 Å². The van der Waals surface area contributed by atoms with Crippen molar-refractivity contribution in [2.45, 2.75) is 44.1 Å². The van der Waals surface area contributed by atoms with E-state index < -0.39 is 29.3 Å². The number of carbonyl (C=O) groups is 1. The van der Waals surface area contributed by atoms with Crippen molar-refractivity contribution in [1.29, 1.82) is 0 Å². The van der Waals surface area contributed by atoms with E-state index in [2.05, 4.69) is 5.32 Å². The molecule has 0 saturated carbocycles. The summed E-state index contributed by atoms with van der Waals surface area (Å²) in [5.74, 6) is -1.60. The van der Waals surface area contributed by atoms with Crippen molar-refractivity contribution in [1.82, 2.24) is 0 Å². The van der Waals surface area contributed by atoms with Gasteiger partial charge in [0, 0.05) is 23.2 Å². The van der Waals surface area contributed by atoms with E-state index in [1.165, 1.54) is 24.3 Å². The van der Waals surface area contributed by atoms with Crippen molar-refractivity contribution >= 4 is 11.6 Å². The van der Waals surface area contributed by atoms with E-state index in [0.29, 0.717) is 24.6 Å². The Bertz CT molecular complexity index is 876. The summed E-state index contributed by atoms with van der Waals surface area (Å²) in [6.07, 6.45) is -10.4. The SMILES string of the molecule is CCCCC(=O)Nc1ccc(-c2ccc(C(O)(C(F)(F)F)C(F)(F)F)cc2F)cc1. The van der Waals surface area contributed by atoms with E-state index >= 15 is 0 Å². The molecule has 0 radical (unpaired) electrons. The standard InChI is InChI=1S/C20H18F7NO2/c1-2-3-4-17(29)28-14-8-5-12(6-9-14)15-10-7-13(11-16(15)21)18(30,19(22,23)24)20(25,26)27/h5-11,30H,2-4H2,1H3,(H,28,29). The average Bonchev–Trinajstić information content (AvgIpc) is 2.64. The second-order valence-electron chi connectivity index (χ2n) is 6.63. The Morgan fingerprint density at radius 1 is 0.967 bits per heavy atom. The fourth-order valence-electron chi connectivity index (χ4n) is 2.76.